The Hall–Kier alpha value is -1.35. The van der Waals surface area contributed by atoms with Crippen LogP contribution in [-0.4, -0.2) is 17.7 Å². The number of rotatable bonds is 5. The molecule has 1 atom stereocenters. The summed E-state index contributed by atoms with van der Waals surface area (Å²) in [7, 11) is 0. The van der Waals surface area contributed by atoms with Crippen LogP contribution >= 0.6 is 0 Å². The summed E-state index contributed by atoms with van der Waals surface area (Å²) in [6.45, 7) is 3.65. The van der Waals surface area contributed by atoms with Gasteiger partial charge in [-0.25, -0.2) is 0 Å². The minimum Gasteiger partial charge on any atom is -0.460 e. The van der Waals surface area contributed by atoms with Gasteiger partial charge in [-0.1, -0.05) is 37.3 Å². The highest BCUT2D eigenvalue weighted by molar-refractivity contribution is 5.76. The maximum absolute atomic E-state index is 11.7. The molecule has 16 heavy (non-hydrogen) atoms. The number of esters is 1. The second-order valence-electron chi connectivity index (χ2n) is 4.13. The third-order valence-corrected chi connectivity index (χ3v) is 2.83. The molecule has 1 aromatic carbocycles. The van der Waals surface area contributed by atoms with Crippen molar-refractivity contribution in [2.45, 2.75) is 26.9 Å². The van der Waals surface area contributed by atoms with Crippen molar-refractivity contribution in [1.82, 2.24) is 0 Å². The molecule has 3 nitrogen and oxygen atoms in total. The Morgan fingerprint density at radius 1 is 1.38 bits per heavy atom. The number of hydrogen-bond donors (Lipinski definition) is 1. The number of carbonyl (C=O) groups is 1. The van der Waals surface area contributed by atoms with Crippen LogP contribution in [0.15, 0.2) is 30.3 Å². The predicted molar refractivity (Wildman–Crippen MR) is 61.7 cm³/mol. The standard InChI is InChI=1S/C13H18O3/c1-3-13(2,10-14)12(15)16-9-11-7-5-4-6-8-11/h4-8,14H,3,9-10H2,1-2H3. The molecule has 0 heterocycles. The summed E-state index contributed by atoms with van der Waals surface area (Å²) >= 11 is 0. The van der Waals surface area contributed by atoms with Gasteiger partial charge < -0.3 is 9.84 Å². The largest absolute Gasteiger partial charge is 0.460 e. The molecule has 1 unspecified atom stereocenters. The molecule has 88 valence electrons. The highest BCUT2D eigenvalue weighted by Crippen LogP contribution is 2.22. The number of ether oxygens (including phenoxy) is 1. The maximum Gasteiger partial charge on any atom is 0.314 e. The highest BCUT2D eigenvalue weighted by atomic mass is 16.5. The van der Waals surface area contributed by atoms with Crippen LogP contribution in [0.1, 0.15) is 25.8 Å². The van der Waals surface area contributed by atoms with Gasteiger partial charge in [-0.2, -0.15) is 0 Å². The van der Waals surface area contributed by atoms with Gasteiger partial charge in [0.05, 0.1) is 12.0 Å². The minimum absolute atomic E-state index is 0.183. The lowest BCUT2D eigenvalue weighted by molar-refractivity contribution is -0.159. The van der Waals surface area contributed by atoms with Crippen molar-refractivity contribution in [3.05, 3.63) is 35.9 Å². The lowest BCUT2D eigenvalue weighted by Crippen LogP contribution is -2.32. The lowest BCUT2D eigenvalue weighted by Gasteiger charge is -2.23. The van der Waals surface area contributed by atoms with E-state index in [0.29, 0.717) is 6.42 Å². The number of carbonyl (C=O) groups excluding carboxylic acids is 1. The van der Waals surface area contributed by atoms with Gasteiger partial charge in [0.15, 0.2) is 0 Å². The van der Waals surface area contributed by atoms with Crippen molar-refractivity contribution in [2.24, 2.45) is 5.41 Å². The fraction of sp³-hybridized carbons (Fsp3) is 0.462. The Balaban J connectivity index is 2.53. The molecule has 0 fully saturated rings. The summed E-state index contributed by atoms with van der Waals surface area (Å²) in [6, 6.07) is 9.50. The van der Waals surface area contributed by atoms with E-state index in [0.717, 1.165) is 5.56 Å². The Labute approximate surface area is 96.1 Å². The van der Waals surface area contributed by atoms with E-state index in [1.54, 1.807) is 6.92 Å². The highest BCUT2D eigenvalue weighted by Gasteiger charge is 2.32. The van der Waals surface area contributed by atoms with Gasteiger partial charge in [-0.05, 0) is 18.9 Å². The SMILES string of the molecule is CCC(C)(CO)C(=O)OCc1ccccc1. The quantitative estimate of drug-likeness (QED) is 0.776. The van der Waals surface area contributed by atoms with Gasteiger partial charge in [0.2, 0.25) is 0 Å². The van der Waals surface area contributed by atoms with Crippen LogP contribution in [0.25, 0.3) is 0 Å². The second-order valence-corrected chi connectivity index (χ2v) is 4.13. The molecule has 0 aliphatic carbocycles. The zero-order chi connectivity index (χ0) is 12.0. The average molecular weight is 222 g/mol. The summed E-state index contributed by atoms with van der Waals surface area (Å²) in [5.41, 5.74) is 0.168. The number of hydrogen-bond acceptors (Lipinski definition) is 3. The van der Waals surface area contributed by atoms with Crippen molar-refractivity contribution in [3.8, 4) is 0 Å². The second kappa shape index (κ2) is 5.66. The molecule has 0 amide bonds. The zero-order valence-corrected chi connectivity index (χ0v) is 9.77. The summed E-state index contributed by atoms with van der Waals surface area (Å²) in [5.74, 6) is -0.346. The summed E-state index contributed by atoms with van der Waals surface area (Å²) in [5, 5.41) is 9.15. The van der Waals surface area contributed by atoms with E-state index in [-0.39, 0.29) is 19.2 Å². The van der Waals surface area contributed by atoms with Crippen LogP contribution in [0.2, 0.25) is 0 Å². The Morgan fingerprint density at radius 2 is 2.00 bits per heavy atom. The molecule has 3 heteroatoms. The Kier molecular flexibility index (Phi) is 4.50. The molecule has 0 radical (unpaired) electrons. The van der Waals surface area contributed by atoms with E-state index in [9.17, 15) is 4.79 Å². The molecule has 0 saturated carbocycles. The Bertz CT molecular complexity index is 328. The third-order valence-electron chi connectivity index (χ3n) is 2.83. The van der Waals surface area contributed by atoms with Crippen LogP contribution in [0.5, 0.6) is 0 Å². The minimum atomic E-state index is -0.783. The smallest absolute Gasteiger partial charge is 0.314 e. The van der Waals surface area contributed by atoms with Crippen molar-refractivity contribution >= 4 is 5.97 Å². The molecule has 1 aromatic rings. The molecule has 0 spiro atoms. The first-order valence-electron chi connectivity index (χ1n) is 5.44. The first kappa shape index (κ1) is 12.7. The zero-order valence-electron chi connectivity index (χ0n) is 9.77. The van der Waals surface area contributed by atoms with Crippen LogP contribution in [0, 0.1) is 5.41 Å². The van der Waals surface area contributed by atoms with E-state index in [4.69, 9.17) is 9.84 Å². The van der Waals surface area contributed by atoms with Crippen LogP contribution in [0.3, 0.4) is 0 Å². The topological polar surface area (TPSA) is 46.5 Å². The molecular formula is C13H18O3. The lowest BCUT2D eigenvalue weighted by atomic mass is 9.89. The monoisotopic (exact) mass is 222 g/mol. The van der Waals surface area contributed by atoms with Crippen LogP contribution in [0.4, 0.5) is 0 Å². The average Bonchev–Trinajstić information content (AvgIpc) is 2.36. The van der Waals surface area contributed by atoms with E-state index < -0.39 is 5.41 Å². The van der Waals surface area contributed by atoms with E-state index >= 15 is 0 Å². The van der Waals surface area contributed by atoms with Crippen LogP contribution < -0.4 is 0 Å². The summed E-state index contributed by atoms with van der Waals surface area (Å²) in [6.07, 6.45) is 0.567. The van der Waals surface area contributed by atoms with Crippen molar-refractivity contribution in [2.75, 3.05) is 6.61 Å². The van der Waals surface area contributed by atoms with Crippen molar-refractivity contribution < 1.29 is 14.6 Å². The fourth-order valence-electron chi connectivity index (χ4n) is 1.22. The van der Waals surface area contributed by atoms with E-state index in [1.807, 2.05) is 37.3 Å². The molecule has 0 saturated heterocycles. The van der Waals surface area contributed by atoms with Gasteiger partial charge in [-0.15, -0.1) is 0 Å². The summed E-state index contributed by atoms with van der Waals surface area (Å²) in [4.78, 5) is 11.7. The predicted octanol–water partition coefficient (Wildman–Crippen LogP) is 2.14. The molecule has 0 bridgehead atoms. The van der Waals surface area contributed by atoms with E-state index in [2.05, 4.69) is 0 Å². The van der Waals surface area contributed by atoms with Gasteiger partial charge in [0, 0.05) is 0 Å². The first-order chi connectivity index (χ1) is 7.62. The molecule has 1 rings (SSSR count). The van der Waals surface area contributed by atoms with E-state index in [1.165, 1.54) is 0 Å². The van der Waals surface area contributed by atoms with Gasteiger partial charge in [-0.3, -0.25) is 4.79 Å². The van der Waals surface area contributed by atoms with Gasteiger partial charge in [0.1, 0.15) is 6.61 Å². The Morgan fingerprint density at radius 3 is 2.50 bits per heavy atom. The molecule has 0 aliphatic heterocycles. The number of aliphatic hydroxyl groups is 1. The first-order valence-corrected chi connectivity index (χ1v) is 5.44. The number of aliphatic hydroxyl groups excluding tert-OH is 1. The molecule has 0 aliphatic rings. The fourth-order valence-corrected chi connectivity index (χ4v) is 1.22. The molecule has 1 N–H and O–H groups in total. The van der Waals surface area contributed by atoms with Crippen molar-refractivity contribution in [3.63, 3.8) is 0 Å². The van der Waals surface area contributed by atoms with Gasteiger partial charge in [0.25, 0.3) is 0 Å². The van der Waals surface area contributed by atoms with Gasteiger partial charge >= 0.3 is 5.97 Å². The maximum atomic E-state index is 11.7. The summed E-state index contributed by atoms with van der Waals surface area (Å²) < 4.78 is 5.18. The molecule has 0 aromatic heterocycles. The van der Waals surface area contributed by atoms with Crippen molar-refractivity contribution in [1.29, 1.82) is 0 Å². The van der Waals surface area contributed by atoms with Crippen LogP contribution in [-0.2, 0) is 16.1 Å². The third kappa shape index (κ3) is 3.07. The number of benzene rings is 1. The molecular weight excluding hydrogens is 204 g/mol. The normalized spacial score (nSPS) is 14.2.